The number of rotatable bonds is 5. The van der Waals surface area contributed by atoms with Crippen molar-refractivity contribution in [3.8, 4) is 0 Å². The summed E-state index contributed by atoms with van der Waals surface area (Å²) in [6.07, 6.45) is -3.25. The van der Waals surface area contributed by atoms with Gasteiger partial charge in [0.2, 0.25) is 5.95 Å². The van der Waals surface area contributed by atoms with E-state index in [1.165, 1.54) is 28.1 Å². The lowest BCUT2D eigenvalue weighted by Crippen LogP contribution is -2.51. The molecule has 0 bridgehead atoms. The first-order valence-electron chi connectivity index (χ1n) is 10.2. The summed E-state index contributed by atoms with van der Waals surface area (Å²) in [6, 6.07) is 4.69. The molecule has 32 heavy (non-hydrogen) atoms. The van der Waals surface area contributed by atoms with E-state index in [2.05, 4.69) is 9.97 Å². The molecule has 7 nitrogen and oxygen atoms in total. The summed E-state index contributed by atoms with van der Waals surface area (Å²) in [5, 5.41) is 0.114. The van der Waals surface area contributed by atoms with Crippen molar-refractivity contribution in [2.75, 3.05) is 44.2 Å². The van der Waals surface area contributed by atoms with Crippen molar-refractivity contribution in [3.63, 3.8) is 0 Å². The minimum Gasteiger partial charge on any atom is -0.341 e. The molecule has 11 heteroatoms. The zero-order valence-electron chi connectivity index (χ0n) is 17.7. The van der Waals surface area contributed by atoms with Crippen LogP contribution in [-0.2, 0) is 6.18 Å². The number of benzene rings is 1. The number of carbonyl (C=O) groups excluding carboxylic acids is 2. The smallest absolute Gasteiger partial charge is 0.341 e. The van der Waals surface area contributed by atoms with E-state index in [1.807, 2.05) is 18.7 Å². The Kier molecular flexibility index (Phi) is 7.22. The van der Waals surface area contributed by atoms with Crippen molar-refractivity contribution in [3.05, 3.63) is 52.3 Å². The molecule has 2 aromatic rings. The van der Waals surface area contributed by atoms with E-state index in [0.717, 1.165) is 12.1 Å². The number of nitrogens with zero attached hydrogens (tertiary/aromatic N) is 5. The van der Waals surface area contributed by atoms with Crippen molar-refractivity contribution in [1.82, 2.24) is 19.8 Å². The van der Waals surface area contributed by atoms with E-state index in [1.54, 1.807) is 0 Å². The highest BCUT2D eigenvalue weighted by Crippen LogP contribution is 2.32. The molecular formula is C21H23ClF3N5O2. The quantitative estimate of drug-likeness (QED) is 0.669. The van der Waals surface area contributed by atoms with Gasteiger partial charge in [-0.15, -0.1) is 0 Å². The molecule has 1 aromatic heterocycles. The van der Waals surface area contributed by atoms with Crippen molar-refractivity contribution >= 4 is 29.4 Å². The standard InChI is InChI=1S/C21H23ClF3N5O2/c1-3-28(4-2)20-26-13-16(22)17(27-20)19(32)30-11-9-29(10-12-30)18(31)14-7-5-6-8-15(14)21(23,24)25/h5-8,13H,3-4,9-12H2,1-2H3. The molecule has 0 radical (unpaired) electrons. The second-order valence-corrected chi connectivity index (χ2v) is 7.57. The van der Waals surface area contributed by atoms with Crippen LogP contribution >= 0.6 is 11.6 Å². The summed E-state index contributed by atoms with van der Waals surface area (Å²) in [5.41, 5.74) is -1.31. The molecule has 0 atom stereocenters. The first-order chi connectivity index (χ1) is 15.2. The van der Waals surface area contributed by atoms with Crippen molar-refractivity contribution in [1.29, 1.82) is 0 Å². The van der Waals surface area contributed by atoms with Crippen LogP contribution in [0.25, 0.3) is 0 Å². The number of amides is 2. The molecule has 1 aliphatic rings. The van der Waals surface area contributed by atoms with Gasteiger partial charge in [0.1, 0.15) is 0 Å². The zero-order valence-corrected chi connectivity index (χ0v) is 18.4. The molecule has 0 unspecified atom stereocenters. The van der Waals surface area contributed by atoms with Gasteiger partial charge in [0.05, 0.1) is 22.3 Å². The Hall–Kier alpha value is -2.88. The number of aromatic nitrogens is 2. The minimum atomic E-state index is -4.63. The first-order valence-corrected chi connectivity index (χ1v) is 10.6. The molecule has 3 rings (SSSR count). The second-order valence-electron chi connectivity index (χ2n) is 7.17. The van der Waals surface area contributed by atoms with Crippen LogP contribution in [-0.4, -0.2) is 70.9 Å². The molecule has 1 fully saturated rings. The van der Waals surface area contributed by atoms with Crippen LogP contribution in [0.3, 0.4) is 0 Å². The molecule has 1 aliphatic heterocycles. The second kappa shape index (κ2) is 9.72. The van der Waals surface area contributed by atoms with Gasteiger partial charge in [-0.3, -0.25) is 9.59 Å². The highest BCUT2D eigenvalue weighted by atomic mass is 35.5. The predicted octanol–water partition coefficient (Wildman–Crippen LogP) is 3.59. The molecule has 0 aliphatic carbocycles. The first kappa shape index (κ1) is 23.8. The fourth-order valence-corrected chi connectivity index (χ4v) is 3.69. The van der Waals surface area contributed by atoms with E-state index < -0.39 is 29.1 Å². The molecule has 1 saturated heterocycles. The van der Waals surface area contributed by atoms with E-state index in [-0.39, 0.29) is 36.9 Å². The molecule has 172 valence electrons. The Bertz CT molecular complexity index is 990. The van der Waals surface area contributed by atoms with Crippen LogP contribution in [0.4, 0.5) is 19.1 Å². The summed E-state index contributed by atoms with van der Waals surface area (Å²) < 4.78 is 39.8. The highest BCUT2D eigenvalue weighted by molar-refractivity contribution is 6.33. The van der Waals surface area contributed by atoms with Gasteiger partial charge in [0.15, 0.2) is 5.69 Å². The highest BCUT2D eigenvalue weighted by Gasteiger charge is 2.36. The molecule has 2 heterocycles. The molecular weight excluding hydrogens is 447 g/mol. The lowest BCUT2D eigenvalue weighted by Gasteiger charge is -2.35. The number of carbonyl (C=O) groups is 2. The third-order valence-corrected chi connectivity index (χ3v) is 5.57. The number of halogens is 4. The molecule has 0 saturated carbocycles. The Morgan fingerprint density at radius 3 is 2.16 bits per heavy atom. The summed E-state index contributed by atoms with van der Waals surface area (Å²) in [4.78, 5) is 38.9. The van der Waals surface area contributed by atoms with Crippen molar-refractivity contribution in [2.24, 2.45) is 0 Å². The lowest BCUT2D eigenvalue weighted by atomic mass is 10.1. The Labute approximate surface area is 188 Å². The Morgan fingerprint density at radius 1 is 1.03 bits per heavy atom. The van der Waals surface area contributed by atoms with Crippen LogP contribution in [0, 0.1) is 0 Å². The van der Waals surface area contributed by atoms with Gasteiger partial charge in [-0.25, -0.2) is 9.97 Å². The summed E-state index contributed by atoms with van der Waals surface area (Å²) in [7, 11) is 0. The number of hydrogen-bond acceptors (Lipinski definition) is 5. The number of piperazine rings is 1. The molecule has 2 amide bonds. The van der Waals surface area contributed by atoms with Crippen molar-refractivity contribution in [2.45, 2.75) is 20.0 Å². The van der Waals surface area contributed by atoms with E-state index >= 15 is 0 Å². The minimum absolute atomic E-state index is 0.0609. The third kappa shape index (κ3) is 4.95. The van der Waals surface area contributed by atoms with Crippen LogP contribution in [0.5, 0.6) is 0 Å². The van der Waals surface area contributed by atoms with Crippen LogP contribution in [0.2, 0.25) is 5.02 Å². The number of hydrogen-bond donors (Lipinski definition) is 0. The SMILES string of the molecule is CCN(CC)c1ncc(Cl)c(C(=O)N2CCN(C(=O)c3ccccc3C(F)(F)F)CC2)n1. The topological polar surface area (TPSA) is 69.6 Å². The maximum Gasteiger partial charge on any atom is 0.417 e. The van der Waals surface area contributed by atoms with Crippen molar-refractivity contribution < 1.29 is 22.8 Å². The number of anilines is 1. The average molecular weight is 470 g/mol. The van der Waals surface area contributed by atoms with Crippen LogP contribution < -0.4 is 4.90 Å². The van der Waals surface area contributed by atoms with Gasteiger partial charge in [-0.1, -0.05) is 23.7 Å². The predicted molar refractivity (Wildman–Crippen MR) is 114 cm³/mol. The molecule has 0 spiro atoms. The summed E-state index contributed by atoms with van der Waals surface area (Å²) in [5.74, 6) is -0.733. The van der Waals surface area contributed by atoms with Gasteiger partial charge >= 0.3 is 6.18 Å². The normalized spacial score (nSPS) is 14.4. The maximum absolute atomic E-state index is 13.3. The Balaban J connectivity index is 1.72. The molecule has 0 N–H and O–H groups in total. The Morgan fingerprint density at radius 2 is 1.59 bits per heavy atom. The third-order valence-electron chi connectivity index (χ3n) is 5.30. The van der Waals surface area contributed by atoms with E-state index in [9.17, 15) is 22.8 Å². The molecule has 1 aromatic carbocycles. The van der Waals surface area contributed by atoms with Gasteiger partial charge < -0.3 is 14.7 Å². The van der Waals surface area contributed by atoms with Crippen LogP contribution in [0.15, 0.2) is 30.5 Å². The van der Waals surface area contributed by atoms with Gasteiger partial charge in [-0.2, -0.15) is 13.2 Å². The van der Waals surface area contributed by atoms with Gasteiger partial charge in [-0.05, 0) is 26.0 Å². The maximum atomic E-state index is 13.3. The fourth-order valence-electron chi connectivity index (χ4n) is 3.52. The monoisotopic (exact) mass is 469 g/mol. The van der Waals surface area contributed by atoms with E-state index in [0.29, 0.717) is 19.0 Å². The average Bonchev–Trinajstić information content (AvgIpc) is 2.79. The lowest BCUT2D eigenvalue weighted by molar-refractivity contribution is -0.138. The largest absolute Gasteiger partial charge is 0.417 e. The van der Waals surface area contributed by atoms with Crippen LogP contribution in [0.1, 0.15) is 40.3 Å². The summed E-state index contributed by atoms with van der Waals surface area (Å²) in [6.45, 7) is 5.70. The van der Waals surface area contributed by atoms with Gasteiger partial charge in [0, 0.05) is 39.3 Å². The zero-order chi connectivity index (χ0) is 23.5. The number of alkyl halides is 3. The van der Waals surface area contributed by atoms with E-state index in [4.69, 9.17) is 11.6 Å². The fraction of sp³-hybridized carbons (Fsp3) is 0.429. The van der Waals surface area contributed by atoms with Gasteiger partial charge in [0.25, 0.3) is 11.8 Å². The summed E-state index contributed by atoms with van der Waals surface area (Å²) >= 11 is 6.16.